The zero-order valence-corrected chi connectivity index (χ0v) is 19.3. The fourth-order valence-electron chi connectivity index (χ4n) is 4.60. The van der Waals surface area contributed by atoms with Crippen LogP contribution in [-0.4, -0.2) is 59.0 Å². The number of carbonyl (C=O) groups excluding carboxylic acids is 3. The Morgan fingerprint density at radius 2 is 1.79 bits per heavy atom. The molecule has 2 saturated heterocycles. The van der Waals surface area contributed by atoms with Crippen molar-refractivity contribution in [3.8, 4) is 0 Å². The summed E-state index contributed by atoms with van der Waals surface area (Å²) in [5.41, 5.74) is -0.000934. The number of likely N-dealkylation sites (tertiary alicyclic amines) is 1. The second-order valence-electron chi connectivity index (χ2n) is 8.40. The van der Waals surface area contributed by atoms with E-state index in [2.05, 4.69) is 5.32 Å². The number of ether oxygens (including phenoxy) is 1. The Hall–Kier alpha value is -3.43. The van der Waals surface area contributed by atoms with Crippen LogP contribution in [0.25, 0.3) is 0 Å². The van der Waals surface area contributed by atoms with Crippen LogP contribution in [0, 0.1) is 0 Å². The van der Waals surface area contributed by atoms with Crippen molar-refractivity contribution in [2.75, 3.05) is 19.7 Å². The van der Waals surface area contributed by atoms with Gasteiger partial charge in [-0.05, 0) is 29.1 Å². The molecule has 8 nitrogen and oxygen atoms in total. The van der Waals surface area contributed by atoms with Crippen LogP contribution in [0.4, 0.5) is 0 Å². The summed E-state index contributed by atoms with van der Waals surface area (Å²) >= 11 is 1.41. The molecule has 0 aliphatic carbocycles. The van der Waals surface area contributed by atoms with Crippen molar-refractivity contribution in [3.05, 3.63) is 82.4 Å². The summed E-state index contributed by atoms with van der Waals surface area (Å²) in [5, 5.41) is 4.81. The van der Waals surface area contributed by atoms with E-state index in [4.69, 9.17) is 9.15 Å². The van der Waals surface area contributed by atoms with Crippen LogP contribution >= 0.6 is 11.3 Å². The van der Waals surface area contributed by atoms with Gasteiger partial charge < -0.3 is 19.4 Å². The number of piperidine rings is 1. The third-order valence-electron chi connectivity index (χ3n) is 6.39. The van der Waals surface area contributed by atoms with Crippen LogP contribution in [0.3, 0.4) is 0 Å². The molecule has 0 bridgehead atoms. The van der Waals surface area contributed by atoms with Gasteiger partial charge in [0.15, 0.2) is 5.76 Å². The number of amides is 3. The number of thiophene rings is 1. The van der Waals surface area contributed by atoms with Crippen molar-refractivity contribution >= 4 is 29.1 Å². The number of carbonyl (C=O) groups is 3. The molecule has 1 N–H and O–H groups in total. The molecule has 34 heavy (non-hydrogen) atoms. The topological polar surface area (TPSA) is 92.1 Å². The summed E-state index contributed by atoms with van der Waals surface area (Å²) < 4.78 is 11.6. The van der Waals surface area contributed by atoms with Gasteiger partial charge >= 0.3 is 0 Å². The van der Waals surface area contributed by atoms with Crippen molar-refractivity contribution < 1.29 is 23.5 Å². The lowest BCUT2D eigenvalue weighted by Crippen LogP contribution is -2.59. The van der Waals surface area contributed by atoms with Crippen LogP contribution < -0.4 is 5.32 Å². The van der Waals surface area contributed by atoms with Gasteiger partial charge in [0.05, 0.1) is 17.7 Å². The van der Waals surface area contributed by atoms with E-state index < -0.39 is 11.8 Å². The van der Waals surface area contributed by atoms with Crippen molar-refractivity contribution in [2.24, 2.45) is 0 Å². The quantitative estimate of drug-likeness (QED) is 0.607. The minimum atomic E-state index is -0.967. The number of nitrogens with zero attached hydrogens (tertiary/aromatic N) is 2. The van der Waals surface area contributed by atoms with Crippen molar-refractivity contribution in [1.29, 1.82) is 0 Å². The summed E-state index contributed by atoms with van der Waals surface area (Å²) in [5.74, 6) is -0.537. The van der Waals surface area contributed by atoms with E-state index in [0.29, 0.717) is 37.4 Å². The van der Waals surface area contributed by atoms with Crippen LogP contribution in [0.15, 0.2) is 70.7 Å². The molecule has 1 aromatic carbocycles. The number of furan rings is 1. The largest absolute Gasteiger partial charge is 0.459 e. The smallest absolute Gasteiger partial charge is 0.292 e. The molecule has 0 saturated carbocycles. The van der Waals surface area contributed by atoms with E-state index in [9.17, 15) is 14.4 Å². The molecule has 2 aromatic heterocycles. The normalized spacial score (nSPS) is 19.4. The Bertz CT molecular complexity index is 1140. The highest BCUT2D eigenvalue weighted by atomic mass is 32.1. The Morgan fingerprint density at radius 3 is 2.47 bits per heavy atom. The molecule has 1 unspecified atom stereocenters. The maximum atomic E-state index is 13.5. The fraction of sp³-hybridized carbons (Fsp3) is 0.320. The van der Waals surface area contributed by atoms with Crippen LogP contribution in [-0.2, 0) is 16.1 Å². The highest BCUT2D eigenvalue weighted by Gasteiger charge is 2.54. The Labute approximate surface area is 201 Å². The van der Waals surface area contributed by atoms with Crippen LogP contribution in [0.2, 0.25) is 0 Å². The lowest BCUT2D eigenvalue weighted by molar-refractivity contribution is -0.128. The maximum Gasteiger partial charge on any atom is 0.292 e. The van der Waals surface area contributed by atoms with Gasteiger partial charge in [0.25, 0.3) is 11.8 Å². The van der Waals surface area contributed by atoms with Crippen molar-refractivity contribution in [1.82, 2.24) is 15.1 Å². The highest BCUT2D eigenvalue weighted by Crippen LogP contribution is 2.39. The zero-order chi connectivity index (χ0) is 23.5. The lowest BCUT2D eigenvalue weighted by Gasteiger charge is -2.44. The number of hydrogen-bond donors (Lipinski definition) is 1. The molecular formula is C25H25N3O5S. The molecule has 3 aromatic rings. The van der Waals surface area contributed by atoms with E-state index in [0.717, 1.165) is 5.56 Å². The number of hydrogen-bond acceptors (Lipinski definition) is 6. The molecule has 0 radical (unpaired) electrons. The van der Waals surface area contributed by atoms with Gasteiger partial charge in [0, 0.05) is 32.5 Å². The number of rotatable bonds is 5. The van der Waals surface area contributed by atoms with E-state index in [1.165, 1.54) is 22.5 Å². The second-order valence-corrected chi connectivity index (χ2v) is 9.35. The van der Waals surface area contributed by atoms with E-state index in [1.54, 1.807) is 17.0 Å². The van der Waals surface area contributed by atoms with Gasteiger partial charge in [-0.25, -0.2) is 0 Å². The number of benzene rings is 1. The molecule has 2 fully saturated rings. The van der Waals surface area contributed by atoms with Gasteiger partial charge in [-0.2, -0.15) is 0 Å². The van der Waals surface area contributed by atoms with Crippen molar-refractivity contribution in [3.63, 3.8) is 0 Å². The fourth-order valence-corrected chi connectivity index (χ4v) is 5.29. The summed E-state index contributed by atoms with van der Waals surface area (Å²) in [7, 11) is 0. The molecule has 2 aliphatic rings. The summed E-state index contributed by atoms with van der Waals surface area (Å²) in [6.07, 6.45) is 2.27. The average molecular weight is 480 g/mol. The average Bonchev–Trinajstić information content (AvgIpc) is 3.65. The SMILES string of the molecule is O=C(NCc1ccccc1)C1COC2(CCN(C(=O)c3cccs3)CC2)N1C(=O)c1ccco1. The Kier molecular flexibility index (Phi) is 6.21. The summed E-state index contributed by atoms with van der Waals surface area (Å²) in [6.45, 7) is 1.30. The first-order valence-electron chi connectivity index (χ1n) is 11.2. The minimum Gasteiger partial charge on any atom is -0.459 e. The van der Waals surface area contributed by atoms with Gasteiger partial charge in [0.1, 0.15) is 11.8 Å². The maximum absolute atomic E-state index is 13.5. The molecule has 2 aliphatic heterocycles. The Balaban J connectivity index is 1.34. The first kappa shape index (κ1) is 22.4. The molecule has 4 heterocycles. The minimum absolute atomic E-state index is 0.0242. The van der Waals surface area contributed by atoms with E-state index in [1.807, 2.05) is 47.8 Å². The molecular weight excluding hydrogens is 454 g/mol. The second kappa shape index (κ2) is 9.44. The van der Waals surface area contributed by atoms with Gasteiger partial charge in [0.2, 0.25) is 5.91 Å². The summed E-state index contributed by atoms with van der Waals surface area (Å²) in [4.78, 5) is 43.4. The molecule has 9 heteroatoms. The molecule has 1 spiro atoms. The van der Waals surface area contributed by atoms with Crippen molar-refractivity contribution in [2.45, 2.75) is 31.2 Å². The first-order chi connectivity index (χ1) is 16.6. The van der Waals surface area contributed by atoms with E-state index >= 15 is 0 Å². The lowest BCUT2D eigenvalue weighted by atomic mass is 9.97. The third kappa shape index (κ3) is 4.24. The highest BCUT2D eigenvalue weighted by molar-refractivity contribution is 7.12. The van der Waals surface area contributed by atoms with Crippen LogP contribution in [0.1, 0.15) is 38.6 Å². The van der Waals surface area contributed by atoms with E-state index in [-0.39, 0.29) is 30.1 Å². The standard InChI is InChI=1S/C25H25N3O5S/c29-22(26-16-18-6-2-1-3-7-18)19-17-33-25(28(19)23(30)20-8-4-14-32-20)10-12-27(13-11-25)24(31)21-9-5-15-34-21/h1-9,14-15,19H,10-13,16-17H2,(H,26,29). The monoisotopic (exact) mass is 479 g/mol. The van der Waals surface area contributed by atoms with Gasteiger partial charge in [-0.15, -0.1) is 11.3 Å². The molecule has 5 rings (SSSR count). The Morgan fingerprint density at radius 1 is 1.00 bits per heavy atom. The summed E-state index contributed by atoms with van der Waals surface area (Å²) in [6, 6.07) is 15.7. The zero-order valence-electron chi connectivity index (χ0n) is 18.5. The number of nitrogens with one attached hydrogen (secondary N) is 1. The van der Waals surface area contributed by atoms with Crippen LogP contribution in [0.5, 0.6) is 0 Å². The predicted octanol–water partition coefficient (Wildman–Crippen LogP) is 3.13. The molecule has 3 amide bonds. The third-order valence-corrected chi connectivity index (χ3v) is 7.25. The molecule has 1 atom stereocenters. The first-order valence-corrected chi connectivity index (χ1v) is 12.1. The molecule has 176 valence electrons. The van der Waals surface area contributed by atoms with Gasteiger partial charge in [-0.3, -0.25) is 19.3 Å². The predicted molar refractivity (Wildman–Crippen MR) is 125 cm³/mol. The van der Waals surface area contributed by atoms with Gasteiger partial charge in [-0.1, -0.05) is 36.4 Å².